The molecule has 0 amide bonds. The fourth-order valence-electron chi connectivity index (χ4n) is 3.89. The normalized spacial score (nSPS) is 31.2. The van der Waals surface area contributed by atoms with E-state index in [1.807, 2.05) is 0 Å². The summed E-state index contributed by atoms with van der Waals surface area (Å²) < 4.78 is 31.7. The lowest BCUT2D eigenvalue weighted by Gasteiger charge is -2.30. The molecular weight excluding hydrogens is 324 g/mol. The van der Waals surface area contributed by atoms with Crippen LogP contribution in [0.15, 0.2) is 30.3 Å². The lowest BCUT2D eigenvalue weighted by atomic mass is 9.83. The van der Waals surface area contributed by atoms with Crippen molar-refractivity contribution in [2.75, 3.05) is 19.4 Å². The first-order valence-electron chi connectivity index (χ1n) is 8.88. The molecule has 5 nitrogen and oxygen atoms in total. The predicted octanol–water partition coefficient (Wildman–Crippen LogP) is 2.01. The zero-order chi connectivity index (χ0) is 17.0. The first-order chi connectivity index (χ1) is 11.5. The van der Waals surface area contributed by atoms with Gasteiger partial charge in [-0.05, 0) is 50.1 Å². The third-order valence-corrected chi connectivity index (χ3v) is 5.90. The van der Waals surface area contributed by atoms with Crippen LogP contribution in [0.2, 0.25) is 0 Å². The van der Waals surface area contributed by atoms with Crippen molar-refractivity contribution in [3.05, 3.63) is 35.9 Å². The second-order valence-electron chi connectivity index (χ2n) is 7.06. The van der Waals surface area contributed by atoms with Gasteiger partial charge in [0, 0.05) is 12.1 Å². The van der Waals surface area contributed by atoms with E-state index in [1.54, 1.807) is 0 Å². The molecule has 0 radical (unpaired) electrons. The number of ether oxygens (including phenoxy) is 1. The van der Waals surface area contributed by atoms with E-state index in [4.69, 9.17) is 4.74 Å². The van der Waals surface area contributed by atoms with Gasteiger partial charge in [0.15, 0.2) is 0 Å². The highest BCUT2D eigenvalue weighted by Crippen LogP contribution is 2.34. The summed E-state index contributed by atoms with van der Waals surface area (Å²) in [6, 6.07) is 10.7. The molecule has 0 bridgehead atoms. The molecule has 0 unspecified atom stereocenters. The molecular formula is C18H28N2O3S. The van der Waals surface area contributed by atoms with Crippen molar-refractivity contribution in [3.8, 4) is 0 Å². The molecule has 2 aliphatic rings. The third kappa shape index (κ3) is 5.02. The molecule has 1 aromatic rings. The second kappa shape index (κ2) is 7.95. The summed E-state index contributed by atoms with van der Waals surface area (Å²) in [5, 5.41) is 3.35. The minimum Gasteiger partial charge on any atom is -0.377 e. The van der Waals surface area contributed by atoms with Crippen LogP contribution in [0.25, 0.3) is 0 Å². The van der Waals surface area contributed by atoms with E-state index in [0.29, 0.717) is 18.6 Å². The molecule has 1 aliphatic carbocycles. The Morgan fingerprint density at radius 2 is 1.83 bits per heavy atom. The van der Waals surface area contributed by atoms with Crippen LogP contribution in [-0.2, 0) is 14.8 Å². The van der Waals surface area contributed by atoms with Crippen LogP contribution in [0.5, 0.6) is 0 Å². The summed E-state index contributed by atoms with van der Waals surface area (Å²) in [7, 11) is -3.17. The first-order valence-corrected chi connectivity index (χ1v) is 10.8. The summed E-state index contributed by atoms with van der Waals surface area (Å²) in [4.78, 5) is 0. The van der Waals surface area contributed by atoms with Crippen LogP contribution in [0.4, 0.5) is 0 Å². The zero-order valence-corrected chi connectivity index (χ0v) is 15.1. The topological polar surface area (TPSA) is 67.4 Å². The monoisotopic (exact) mass is 352 g/mol. The minimum absolute atomic E-state index is 0.0549. The molecule has 1 saturated carbocycles. The van der Waals surface area contributed by atoms with E-state index in [0.717, 1.165) is 38.6 Å². The standard InChI is InChI=1S/C18H28N2O3S/c1-24(21,22)20-17-11-12-19-18(17)13-23-16-9-7-15(8-10-16)14-5-3-2-4-6-14/h2-6,15-20H,7-13H2,1H3/t15-,16+,17-,18-/m0/s1. The van der Waals surface area contributed by atoms with E-state index in [2.05, 4.69) is 40.4 Å². The van der Waals surface area contributed by atoms with Gasteiger partial charge in [-0.1, -0.05) is 30.3 Å². The van der Waals surface area contributed by atoms with Gasteiger partial charge in [-0.25, -0.2) is 13.1 Å². The summed E-state index contributed by atoms with van der Waals surface area (Å²) in [6.07, 6.45) is 6.82. The minimum atomic E-state index is -3.17. The van der Waals surface area contributed by atoms with Gasteiger partial charge in [0.1, 0.15) is 0 Å². The second-order valence-corrected chi connectivity index (χ2v) is 8.84. The van der Waals surface area contributed by atoms with E-state index < -0.39 is 10.0 Å². The van der Waals surface area contributed by atoms with E-state index in [9.17, 15) is 8.42 Å². The average Bonchev–Trinajstić information content (AvgIpc) is 2.99. The summed E-state index contributed by atoms with van der Waals surface area (Å²) >= 11 is 0. The number of nitrogens with one attached hydrogen (secondary N) is 2. The van der Waals surface area contributed by atoms with E-state index >= 15 is 0 Å². The summed E-state index contributed by atoms with van der Waals surface area (Å²) in [5.41, 5.74) is 1.44. The molecule has 2 fully saturated rings. The van der Waals surface area contributed by atoms with Gasteiger partial charge in [0.25, 0.3) is 0 Å². The number of benzene rings is 1. The molecule has 2 N–H and O–H groups in total. The molecule has 24 heavy (non-hydrogen) atoms. The Bertz CT molecular complexity index is 612. The maximum Gasteiger partial charge on any atom is 0.209 e. The smallest absolute Gasteiger partial charge is 0.209 e. The number of rotatable bonds is 6. The van der Waals surface area contributed by atoms with Crippen LogP contribution in [0.1, 0.15) is 43.6 Å². The van der Waals surface area contributed by atoms with Gasteiger partial charge in [0.2, 0.25) is 10.0 Å². The molecule has 1 aliphatic heterocycles. The summed E-state index contributed by atoms with van der Waals surface area (Å²) in [6.45, 7) is 1.41. The van der Waals surface area contributed by atoms with Crippen molar-refractivity contribution in [1.29, 1.82) is 0 Å². The number of sulfonamides is 1. The highest BCUT2D eigenvalue weighted by molar-refractivity contribution is 7.88. The Kier molecular flexibility index (Phi) is 5.92. The maximum absolute atomic E-state index is 11.4. The van der Waals surface area contributed by atoms with Gasteiger partial charge in [-0.2, -0.15) is 0 Å². The highest BCUT2D eigenvalue weighted by atomic mass is 32.2. The summed E-state index contributed by atoms with van der Waals surface area (Å²) in [5.74, 6) is 0.648. The molecule has 1 saturated heterocycles. The third-order valence-electron chi connectivity index (χ3n) is 5.17. The Hall–Kier alpha value is -0.950. The average molecular weight is 353 g/mol. The van der Waals surface area contributed by atoms with Crippen LogP contribution < -0.4 is 10.0 Å². The van der Waals surface area contributed by atoms with Crippen molar-refractivity contribution >= 4 is 10.0 Å². The molecule has 0 aromatic heterocycles. The lowest BCUT2D eigenvalue weighted by Crippen LogP contribution is -2.46. The number of hydrogen-bond acceptors (Lipinski definition) is 4. The van der Waals surface area contributed by atoms with Crippen molar-refractivity contribution in [1.82, 2.24) is 10.0 Å². The molecule has 3 rings (SSSR count). The maximum atomic E-state index is 11.4. The van der Waals surface area contributed by atoms with Crippen LogP contribution in [-0.4, -0.2) is 46.0 Å². The fourth-order valence-corrected chi connectivity index (χ4v) is 4.72. The van der Waals surface area contributed by atoms with Crippen molar-refractivity contribution in [2.24, 2.45) is 0 Å². The van der Waals surface area contributed by atoms with E-state index in [-0.39, 0.29) is 12.1 Å². The Balaban J connectivity index is 1.43. The van der Waals surface area contributed by atoms with Crippen LogP contribution in [0.3, 0.4) is 0 Å². The molecule has 0 spiro atoms. The largest absolute Gasteiger partial charge is 0.377 e. The van der Waals surface area contributed by atoms with Crippen LogP contribution >= 0.6 is 0 Å². The van der Waals surface area contributed by atoms with Crippen molar-refractivity contribution in [3.63, 3.8) is 0 Å². The molecule has 2 atom stereocenters. The quantitative estimate of drug-likeness (QED) is 0.822. The van der Waals surface area contributed by atoms with E-state index in [1.165, 1.54) is 11.8 Å². The fraction of sp³-hybridized carbons (Fsp3) is 0.667. The van der Waals surface area contributed by atoms with Gasteiger partial charge in [0.05, 0.1) is 19.0 Å². The Morgan fingerprint density at radius 1 is 1.12 bits per heavy atom. The molecule has 1 heterocycles. The van der Waals surface area contributed by atoms with Gasteiger partial charge in [-0.3, -0.25) is 0 Å². The van der Waals surface area contributed by atoms with Crippen molar-refractivity contribution in [2.45, 2.75) is 56.2 Å². The lowest BCUT2D eigenvalue weighted by molar-refractivity contribution is 0.0126. The molecule has 6 heteroatoms. The SMILES string of the molecule is CS(=O)(=O)N[C@H]1CCN[C@H]1CO[C@H]1CC[C@@H](c2ccccc2)CC1. The van der Waals surface area contributed by atoms with Crippen LogP contribution in [0, 0.1) is 0 Å². The Labute approximate surface area is 145 Å². The predicted molar refractivity (Wildman–Crippen MR) is 95.6 cm³/mol. The number of hydrogen-bond donors (Lipinski definition) is 2. The highest BCUT2D eigenvalue weighted by Gasteiger charge is 2.30. The zero-order valence-electron chi connectivity index (χ0n) is 14.3. The van der Waals surface area contributed by atoms with Crippen molar-refractivity contribution < 1.29 is 13.2 Å². The Morgan fingerprint density at radius 3 is 2.50 bits per heavy atom. The molecule has 134 valence electrons. The van der Waals surface area contributed by atoms with Gasteiger partial charge < -0.3 is 10.1 Å². The van der Waals surface area contributed by atoms with Gasteiger partial charge in [-0.15, -0.1) is 0 Å². The molecule has 1 aromatic carbocycles. The first kappa shape index (κ1) is 17.9. The van der Waals surface area contributed by atoms with Gasteiger partial charge >= 0.3 is 0 Å².